The minimum atomic E-state index is -0.747. The number of fused-ring (bicyclic) bond motifs is 1. The Morgan fingerprint density at radius 3 is 2.82 bits per heavy atom. The third-order valence-corrected chi connectivity index (χ3v) is 3.01. The summed E-state index contributed by atoms with van der Waals surface area (Å²) in [6, 6.07) is 11.8. The molecule has 0 unspecified atom stereocenters. The number of halogens is 1. The van der Waals surface area contributed by atoms with Gasteiger partial charge in [0.05, 0.1) is 0 Å². The van der Waals surface area contributed by atoms with Crippen LogP contribution in [0.2, 0.25) is 5.02 Å². The van der Waals surface area contributed by atoms with Crippen LogP contribution in [0.25, 0.3) is 10.8 Å². The van der Waals surface area contributed by atoms with E-state index in [9.17, 15) is 4.79 Å². The molecule has 0 radical (unpaired) electrons. The topological polar surface area (TPSA) is 37.3 Å². The Kier molecular flexibility index (Phi) is 3.64. The average Bonchev–Trinajstić information content (AvgIpc) is 2.29. The van der Waals surface area contributed by atoms with E-state index in [1.165, 1.54) is 0 Å². The summed E-state index contributed by atoms with van der Waals surface area (Å²) < 4.78 is 0. The summed E-state index contributed by atoms with van der Waals surface area (Å²) >= 11 is 5.98. The van der Waals surface area contributed by atoms with E-state index in [0.717, 1.165) is 22.8 Å². The first-order valence-corrected chi connectivity index (χ1v) is 5.93. The largest absolute Gasteiger partial charge is 0.481 e. The first-order valence-electron chi connectivity index (χ1n) is 5.56. The van der Waals surface area contributed by atoms with E-state index in [2.05, 4.69) is 0 Å². The summed E-state index contributed by atoms with van der Waals surface area (Å²) in [5.41, 5.74) is 1.16. The molecule has 2 rings (SSSR count). The van der Waals surface area contributed by atoms with Crippen LogP contribution in [0.3, 0.4) is 0 Å². The Balaban J connectivity index is 2.27. The van der Waals surface area contributed by atoms with Gasteiger partial charge in [-0.15, -0.1) is 0 Å². The summed E-state index contributed by atoms with van der Waals surface area (Å²) in [6.45, 7) is 0. The van der Waals surface area contributed by atoms with Gasteiger partial charge in [-0.1, -0.05) is 35.9 Å². The van der Waals surface area contributed by atoms with Gasteiger partial charge in [-0.3, -0.25) is 4.79 Å². The van der Waals surface area contributed by atoms with Crippen molar-refractivity contribution in [1.82, 2.24) is 0 Å². The number of aryl methyl sites for hydroxylation is 1. The predicted octanol–water partition coefficient (Wildman–Crippen LogP) is 3.90. The van der Waals surface area contributed by atoms with Crippen LogP contribution in [0.15, 0.2) is 36.4 Å². The summed E-state index contributed by atoms with van der Waals surface area (Å²) in [5.74, 6) is -0.747. The molecule has 0 atom stereocenters. The van der Waals surface area contributed by atoms with Gasteiger partial charge in [0.2, 0.25) is 0 Å². The smallest absolute Gasteiger partial charge is 0.303 e. The Bertz CT molecular complexity index is 549. The highest BCUT2D eigenvalue weighted by atomic mass is 35.5. The molecule has 1 N–H and O–H groups in total. The number of hydrogen-bond acceptors (Lipinski definition) is 1. The number of carbonyl (C=O) groups is 1. The van der Waals surface area contributed by atoms with Crippen molar-refractivity contribution in [3.63, 3.8) is 0 Å². The number of rotatable bonds is 4. The van der Waals surface area contributed by atoms with Gasteiger partial charge in [0, 0.05) is 11.4 Å². The molecule has 0 saturated carbocycles. The van der Waals surface area contributed by atoms with E-state index < -0.39 is 5.97 Å². The fourth-order valence-corrected chi connectivity index (χ4v) is 2.13. The quantitative estimate of drug-likeness (QED) is 0.891. The zero-order chi connectivity index (χ0) is 12.3. The van der Waals surface area contributed by atoms with Crippen LogP contribution in [-0.4, -0.2) is 11.1 Å². The SMILES string of the molecule is O=C(O)CCCc1cccc2ccc(Cl)cc12. The number of carboxylic acids is 1. The minimum absolute atomic E-state index is 0.205. The molecule has 0 fully saturated rings. The normalized spacial score (nSPS) is 10.6. The number of aliphatic carboxylic acids is 1. The van der Waals surface area contributed by atoms with E-state index in [4.69, 9.17) is 16.7 Å². The Morgan fingerprint density at radius 2 is 2.06 bits per heavy atom. The Hall–Kier alpha value is -1.54. The third kappa shape index (κ3) is 2.98. The molecular formula is C14H13ClO2. The maximum absolute atomic E-state index is 10.5. The summed E-state index contributed by atoms with van der Waals surface area (Å²) in [4.78, 5) is 10.5. The third-order valence-electron chi connectivity index (χ3n) is 2.77. The second kappa shape index (κ2) is 5.19. The zero-order valence-corrected chi connectivity index (χ0v) is 10.1. The molecule has 2 aromatic carbocycles. The number of hydrogen-bond donors (Lipinski definition) is 1. The number of carboxylic acid groups (broad SMARTS) is 1. The number of benzene rings is 2. The molecule has 0 aromatic heterocycles. The van der Waals surface area contributed by atoms with Gasteiger partial charge in [-0.2, -0.15) is 0 Å². The summed E-state index contributed by atoms with van der Waals surface area (Å²) in [6.07, 6.45) is 1.63. The van der Waals surface area contributed by atoms with Crippen molar-refractivity contribution >= 4 is 28.3 Å². The Morgan fingerprint density at radius 1 is 1.24 bits per heavy atom. The molecule has 0 aliphatic heterocycles. The summed E-state index contributed by atoms with van der Waals surface area (Å²) in [7, 11) is 0. The fraction of sp³-hybridized carbons (Fsp3) is 0.214. The highest BCUT2D eigenvalue weighted by molar-refractivity contribution is 6.31. The highest BCUT2D eigenvalue weighted by Crippen LogP contribution is 2.24. The fourth-order valence-electron chi connectivity index (χ4n) is 1.96. The van der Waals surface area contributed by atoms with Crippen LogP contribution in [0.4, 0.5) is 0 Å². The van der Waals surface area contributed by atoms with Gasteiger partial charge in [0.1, 0.15) is 0 Å². The van der Waals surface area contributed by atoms with E-state index >= 15 is 0 Å². The molecule has 88 valence electrons. The van der Waals surface area contributed by atoms with Crippen molar-refractivity contribution in [2.75, 3.05) is 0 Å². The van der Waals surface area contributed by atoms with Crippen LogP contribution in [0.5, 0.6) is 0 Å². The molecule has 0 bridgehead atoms. The molecule has 0 heterocycles. The van der Waals surface area contributed by atoms with Gasteiger partial charge >= 0.3 is 5.97 Å². The lowest BCUT2D eigenvalue weighted by Gasteiger charge is -2.06. The van der Waals surface area contributed by atoms with Crippen LogP contribution in [0, 0.1) is 0 Å². The van der Waals surface area contributed by atoms with Crippen molar-refractivity contribution in [3.8, 4) is 0 Å². The maximum Gasteiger partial charge on any atom is 0.303 e. The van der Waals surface area contributed by atoms with Crippen LogP contribution < -0.4 is 0 Å². The molecule has 0 amide bonds. The molecule has 2 aromatic rings. The molecule has 0 aliphatic carbocycles. The second-order valence-electron chi connectivity index (χ2n) is 4.03. The van der Waals surface area contributed by atoms with E-state index in [-0.39, 0.29) is 6.42 Å². The van der Waals surface area contributed by atoms with E-state index in [0.29, 0.717) is 11.4 Å². The van der Waals surface area contributed by atoms with E-state index in [1.54, 1.807) is 0 Å². The second-order valence-corrected chi connectivity index (χ2v) is 4.47. The monoisotopic (exact) mass is 248 g/mol. The van der Waals surface area contributed by atoms with Crippen molar-refractivity contribution < 1.29 is 9.90 Å². The van der Waals surface area contributed by atoms with Gasteiger partial charge in [0.25, 0.3) is 0 Å². The van der Waals surface area contributed by atoms with Gasteiger partial charge < -0.3 is 5.11 Å². The van der Waals surface area contributed by atoms with Crippen LogP contribution in [0.1, 0.15) is 18.4 Å². The average molecular weight is 249 g/mol. The maximum atomic E-state index is 10.5. The first-order chi connectivity index (χ1) is 8.16. The van der Waals surface area contributed by atoms with Crippen molar-refractivity contribution in [3.05, 3.63) is 47.0 Å². The Labute approximate surface area is 105 Å². The van der Waals surface area contributed by atoms with Gasteiger partial charge in [-0.25, -0.2) is 0 Å². The first kappa shape index (κ1) is 11.9. The predicted molar refractivity (Wildman–Crippen MR) is 69.5 cm³/mol. The lowest BCUT2D eigenvalue weighted by Crippen LogP contribution is -1.96. The van der Waals surface area contributed by atoms with Gasteiger partial charge in [0.15, 0.2) is 0 Å². The highest BCUT2D eigenvalue weighted by Gasteiger charge is 2.03. The minimum Gasteiger partial charge on any atom is -0.481 e. The van der Waals surface area contributed by atoms with Crippen LogP contribution >= 0.6 is 11.6 Å². The molecule has 0 saturated heterocycles. The molecule has 17 heavy (non-hydrogen) atoms. The standard InChI is InChI=1S/C14H13ClO2/c15-12-8-7-11-4-1-3-10(13(11)9-12)5-2-6-14(16)17/h1,3-4,7-9H,2,5-6H2,(H,16,17). The molecule has 3 heteroatoms. The lowest BCUT2D eigenvalue weighted by atomic mass is 10.0. The van der Waals surface area contributed by atoms with Crippen molar-refractivity contribution in [1.29, 1.82) is 0 Å². The lowest BCUT2D eigenvalue weighted by molar-refractivity contribution is -0.137. The van der Waals surface area contributed by atoms with Gasteiger partial charge in [-0.05, 0) is 41.3 Å². The summed E-state index contributed by atoms with van der Waals surface area (Å²) in [5, 5.41) is 11.6. The molecule has 0 aliphatic rings. The molecular weight excluding hydrogens is 236 g/mol. The van der Waals surface area contributed by atoms with Crippen LogP contribution in [-0.2, 0) is 11.2 Å². The van der Waals surface area contributed by atoms with E-state index in [1.807, 2.05) is 36.4 Å². The molecule has 0 spiro atoms. The van der Waals surface area contributed by atoms with Crippen molar-refractivity contribution in [2.24, 2.45) is 0 Å². The zero-order valence-electron chi connectivity index (χ0n) is 9.32. The molecule has 2 nitrogen and oxygen atoms in total. The van der Waals surface area contributed by atoms with Crippen molar-refractivity contribution in [2.45, 2.75) is 19.3 Å².